The SMILES string of the molecule is Cc1ccc(OCc2cc(F)cc(C(=O)O)c2)c(C)c1. The Morgan fingerprint density at radius 2 is 1.95 bits per heavy atom. The van der Waals surface area contributed by atoms with Crippen molar-refractivity contribution in [3.8, 4) is 5.75 Å². The fourth-order valence-electron chi connectivity index (χ4n) is 1.98. The molecule has 0 fully saturated rings. The van der Waals surface area contributed by atoms with Crippen LogP contribution in [0.1, 0.15) is 27.0 Å². The van der Waals surface area contributed by atoms with E-state index in [0.29, 0.717) is 11.3 Å². The molecule has 0 spiro atoms. The average Bonchev–Trinajstić information content (AvgIpc) is 2.37. The Labute approximate surface area is 116 Å². The van der Waals surface area contributed by atoms with Gasteiger partial charge in [-0.15, -0.1) is 0 Å². The fourth-order valence-corrected chi connectivity index (χ4v) is 1.98. The maximum absolute atomic E-state index is 13.3. The molecular formula is C16H15FO3. The summed E-state index contributed by atoms with van der Waals surface area (Å²) < 4.78 is 18.9. The van der Waals surface area contributed by atoms with E-state index in [4.69, 9.17) is 9.84 Å². The summed E-state index contributed by atoms with van der Waals surface area (Å²) in [5, 5.41) is 8.89. The van der Waals surface area contributed by atoms with E-state index in [9.17, 15) is 9.18 Å². The van der Waals surface area contributed by atoms with Gasteiger partial charge in [0.05, 0.1) is 5.56 Å². The molecule has 2 aromatic carbocycles. The number of aryl methyl sites for hydroxylation is 2. The zero-order valence-electron chi connectivity index (χ0n) is 11.3. The van der Waals surface area contributed by atoms with Gasteiger partial charge < -0.3 is 9.84 Å². The van der Waals surface area contributed by atoms with E-state index in [1.54, 1.807) is 0 Å². The maximum atomic E-state index is 13.3. The van der Waals surface area contributed by atoms with Gasteiger partial charge in [-0.3, -0.25) is 0 Å². The molecule has 0 aliphatic rings. The first-order valence-electron chi connectivity index (χ1n) is 6.18. The van der Waals surface area contributed by atoms with Crippen LogP contribution in [0.5, 0.6) is 5.75 Å². The molecule has 0 aromatic heterocycles. The third kappa shape index (κ3) is 3.35. The van der Waals surface area contributed by atoms with Crippen molar-refractivity contribution >= 4 is 5.97 Å². The van der Waals surface area contributed by atoms with Gasteiger partial charge in [-0.1, -0.05) is 17.7 Å². The summed E-state index contributed by atoms with van der Waals surface area (Å²) in [6, 6.07) is 9.44. The minimum atomic E-state index is -1.16. The van der Waals surface area contributed by atoms with Gasteiger partial charge in [-0.25, -0.2) is 9.18 Å². The first kappa shape index (κ1) is 14.1. The van der Waals surface area contributed by atoms with Crippen LogP contribution < -0.4 is 4.74 Å². The predicted octanol–water partition coefficient (Wildman–Crippen LogP) is 3.72. The third-order valence-electron chi connectivity index (χ3n) is 2.93. The lowest BCUT2D eigenvalue weighted by Gasteiger charge is -2.10. The van der Waals surface area contributed by atoms with Crippen LogP contribution >= 0.6 is 0 Å². The van der Waals surface area contributed by atoms with Crippen molar-refractivity contribution in [1.29, 1.82) is 0 Å². The molecule has 0 heterocycles. The number of hydrogen-bond acceptors (Lipinski definition) is 2. The van der Waals surface area contributed by atoms with Crippen LogP contribution in [0.4, 0.5) is 4.39 Å². The van der Waals surface area contributed by atoms with Crippen LogP contribution in [0.3, 0.4) is 0 Å². The maximum Gasteiger partial charge on any atom is 0.335 e. The number of ether oxygens (including phenoxy) is 1. The van der Waals surface area contributed by atoms with Crippen LogP contribution in [0, 0.1) is 19.7 Å². The van der Waals surface area contributed by atoms with Crippen LogP contribution in [0.25, 0.3) is 0 Å². The van der Waals surface area contributed by atoms with Crippen LogP contribution in [-0.2, 0) is 6.61 Å². The Hall–Kier alpha value is -2.36. The van der Waals surface area contributed by atoms with E-state index in [1.165, 1.54) is 12.1 Å². The number of carboxylic acid groups (broad SMARTS) is 1. The highest BCUT2D eigenvalue weighted by atomic mass is 19.1. The van der Waals surface area contributed by atoms with Gasteiger partial charge in [-0.2, -0.15) is 0 Å². The van der Waals surface area contributed by atoms with E-state index in [2.05, 4.69) is 0 Å². The van der Waals surface area contributed by atoms with Crippen LogP contribution in [0.2, 0.25) is 0 Å². The van der Waals surface area contributed by atoms with Crippen LogP contribution in [-0.4, -0.2) is 11.1 Å². The molecule has 2 aromatic rings. The number of benzene rings is 2. The number of aromatic carboxylic acids is 1. The molecule has 104 valence electrons. The number of halogens is 1. The fraction of sp³-hybridized carbons (Fsp3) is 0.188. The molecule has 0 aliphatic carbocycles. The Morgan fingerprint density at radius 3 is 2.60 bits per heavy atom. The second kappa shape index (κ2) is 5.74. The van der Waals surface area contributed by atoms with E-state index in [-0.39, 0.29) is 12.2 Å². The zero-order valence-corrected chi connectivity index (χ0v) is 11.3. The number of carbonyl (C=O) groups is 1. The molecule has 2 rings (SSSR count). The Morgan fingerprint density at radius 1 is 1.20 bits per heavy atom. The van der Waals surface area contributed by atoms with Crippen molar-refractivity contribution in [1.82, 2.24) is 0 Å². The monoisotopic (exact) mass is 274 g/mol. The molecule has 20 heavy (non-hydrogen) atoms. The normalized spacial score (nSPS) is 10.3. The van der Waals surface area contributed by atoms with Gasteiger partial charge in [0.15, 0.2) is 0 Å². The number of hydrogen-bond donors (Lipinski definition) is 1. The summed E-state index contributed by atoms with van der Waals surface area (Å²) in [6.45, 7) is 4.04. The Balaban J connectivity index is 2.16. The zero-order chi connectivity index (χ0) is 14.7. The highest BCUT2D eigenvalue weighted by Gasteiger charge is 2.08. The first-order valence-corrected chi connectivity index (χ1v) is 6.18. The third-order valence-corrected chi connectivity index (χ3v) is 2.93. The molecular weight excluding hydrogens is 259 g/mol. The quantitative estimate of drug-likeness (QED) is 0.924. The van der Waals surface area contributed by atoms with Crippen molar-refractivity contribution in [3.05, 3.63) is 64.5 Å². The van der Waals surface area contributed by atoms with Gasteiger partial charge in [0.25, 0.3) is 0 Å². The summed E-state index contributed by atoms with van der Waals surface area (Å²) in [5.74, 6) is -1.03. The van der Waals surface area contributed by atoms with Gasteiger partial charge in [0, 0.05) is 0 Å². The molecule has 0 bridgehead atoms. The summed E-state index contributed by atoms with van der Waals surface area (Å²) in [5.41, 5.74) is 2.53. The highest BCUT2D eigenvalue weighted by molar-refractivity contribution is 5.87. The average molecular weight is 274 g/mol. The second-order valence-electron chi connectivity index (χ2n) is 4.71. The molecule has 0 saturated carbocycles. The van der Waals surface area contributed by atoms with Gasteiger partial charge in [0.2, 0.25) is 0 Å². The van der Waals surface area contributed by atoms with Crippen LogP contribution in [0.15, 0.2) is 36.4 Å². The molecule has 0 saturated heterocycles. The van der Waals surface area contributed by atoms with E-state index in [1.807, 2.05) is 32.0 Å². The predicted molar refractivity (Wildman–Crippen MR) is 73.6 cm³/mol. The number of carboxylic acids is 1. The number of rotatable bonds is 4. The van der Waals surface area contributed by atoms with Gasteiger partial charge in [-0.05, 0) is 49.2 Å². The minimum absolute atomic E-state index is 0.0794. The molecule has 0 atom stereocenters. The summed E-state index contributed by atoms with van der Waals surface area (Å²) in [6.07, 6.45) is 0. The van der Waals surface area contributed by atoms with Gasteiger partial charge >= 0.3 is 5.97 Å². The largest absolute Gasteiger partial charge is 0.489 e. The molecule has 0 amide bonds. The van der Waals surface area contributed by atoms with Crippen molar-refractivity contribution in [3.63, 3.8) is 0 Å². The Kier molecular flexibility index (Phi) is 4.03. The van der Waals surface area contributed by atoms with Crippen molar-refractivity contribution in [2.75, 3.05) is 0 Å². The van der Waals surface area contributed by atoms with Crippen molar-refractivity contribution < 1.29 is 19.0 Å². The summed E-state index contributed by atoms with van der Waals surface area (Å²) in [4.78, 5) is 10.9. The molecule has 3 nitrogen and oxygen atoms in total. The van der Waals surface area contributed by atoms with Crippen molar-refractivity contribution in [2.24, 2.45) is 0 Å². The van der Waals surface area contributed by atoms with E-state index in [0.717, 1.165) is 17.2 Å². The second-order valence-corrected chi connectivity index (χ2v) is 4.71. The smallest absolute Gasteiger partial charge is 0.335 e. The lowest BCUT2D eigenvalue weighted by atomic mass is 10.1. The summed E-state index contributed by atoms with van der Waals surface area (Å²) >= 11 is 0. The standard InChI is InChI=1S/C16H15FO3/c1-10-3-4-15(11(2)5-10)20-9-12-6-13(16(18)19)8-14(17)7-12/h3-8H,9H2,1-2H3,(H,18,19). The molecule has 4 heteroatoms. The summed E-state index contributed by atoms with van der Waals surface area (Å²) in [7, 11) is 0. The van der Waals surface area contributed by atoms with Crippen molar-refractivity contribution in [2.45, 2.75) is 20.5 Å². The molecule has 1 N–H and O–H groups in total. The molecule has 0 aliphatic heterocycles. The molecule has 0 unspecified atom stereocenters. The lowest BCUT2D eigenvalue weighted by Crippen LogP contribution is -2.02. The Bertz CT molecular complexity index is 650. The minimum Gasteiger partial charge on any atom is -0.489 e. The van der Waals surface area contributed by atoms with Gasteiger partial charge in [0.1, 0.15) is 18.2 Å². The van der Waals surface area contributed by atoms with E-state index >= 15 is 0 Å². The first-order chi connectivity index (χ1) is 9.45. The molecule has 0 radical (unpaired) electrons. The lowest BCUT2D eigenvalue weighted by molar-refractivity contribution is 0.0696. The van der Waals surface area contributed by atoms with E-state index < -0.39 is 11.8 Å². The highest BCUT2D eigenvalue weighted by Crippen LogP contribution is 2.20. The topological polar surface area (TPSA) is 46.5 Å².